The molecule has 1 fully saturated rings. The zero-order valence-corrected chi connectivity index (χ0v) is 19.7. The molecule has 0 unspecified atom stereocenters. The summed E-state index contributed by atoms with van der Waals surface area (Å²) >= 11 is 5.86. The molecule has 2 atom stereocenters. The number of methoxy groups -OCH3 is 1. The van der Waals surface area contributed by atoms with Gasteiger partial charge in [0, 0.05) is 29.0 Å². The summed E-state index contributed by atoms with van der Waals surface area (Å²) < 4.78 is 7.67. The molecule has 0 saturated carbocycles. The van der Waals surface area contributed by atoms with Gasteiger partial charge in [0.1, 0.15) is 5.75 Å². The van der Waals surface area contributed by atoms with E-state index in [1.165, 1.54) is 17.0 Å². The van der Waals surface area contributed by atoms with Crippen molar-refractivity contribution in [1.82, 2.24) is 14.9 Å². The number of hydrogen-bond acceptors (Lipinski definition) is 3. The number of nitrogens with one attached hydrogen (secondary N) is 1. The molecule has 1 saturated heterocycles. The van der Waals surface area contributed by atoms with Gasteiger partial charge in [-0.1, -0.05) is 24.3 Å². The Morgan fingerprint density at radius 3 is 2.30 bits per heavy atom. The molecule has 1 N–H and O–H groups in total. The predicted octanol–water partition coefficient (Wildman–Crippen LogP) is 5.67. The highest BCUT2D eigenvalue weighted by atomic mass is 32.1. The number of aromatic nitrogens is 2. The number of pyridine rings is 1. The molecule has 5 nitrogen and oxygen atoms in total. The van der Waals surface area contributed by atoms with Crippen LogP contribution in [0.3, 0.4) is 0 Å². The van der Waals surface area contributed by atoms with Crippen LogP contribution in [0, 0.1) is 13.8 Å². The lowest BCUT2D eigenvalue weighted by Gasteiger charge is -2.28. The Balaban J connectivity index is 1.66. The molecule has 5 rings (SSSR count). The summed E-state index contributed by atoms with van der Waals surface area (Å²) in [6, 6.07) is 26.7. The number of hydrogen-bond donors (Lipinski definition) is 1. The predicted molar refractivity (Wildman–Crippen MR) is 136 cm³/mol. The van der Waals surface area contributed by atoms with Crippen LogP contribution < -0.4 is 15.0 Å². The molecule has 4 aromatic rings. The lowest BCUT2D eigenvalue weighted by Crippen LogP contribution is -2.29. The van der Waals surface area contributed by atoms with E-state index in [2.05, 4.69) is 82.1 Å². The molecule has 0 amide bonds. The summed E-state index contributed by atoms with van der Waals surface area (Å²) in [7, 11) is 1.68. The molecule has 1 aliphatic rings. The number of para-hydroxylation sites is 1. The largest absolute Gasteiger partial charge is 0.497 e. The molecule has 166 valence electrons. The number of anilines is 1. The minimum Gasteiger partial charge on any atom is -0.497 e. The highest BCUT2D eigenvalue weighted by molar-refractivity contribution is 7.80. The molecule has 0 aliphatic carbocycles. The van der Waals surface area contributed by atoms with Crippen molar-refractivity contribution in [3.63, 3.8) is 0 Å². The van der Waals surface area contributed by atoms with Crippen LogP contribution in [0.2, 0.25) is 0 Å². The zero-order chi connectivity index (χ0) is 22.9. The van der Waals surface area contributed by atoms with Crippen molar-refractivity contribution < 1.29 is 4.74 Å². The van der Waals surface area contributed by atoms with Gasteiger partial charge in [-0.2, -0.15) is 0 Å². The lowest BCUT2D eigenvalue weighted by molar-refractivity contribution is 0.415. The highest BCUT2D eigenvalue weighted by Gasteiger charge is 2.42. The maximum absolute atomic E-state index is 5.86. The minimum atomic E-state index is -0.0782. The van der Waals surface area contributed by atoms with Crippen LogP contribution in [0.25, 0.3) is 5.69 Å². The summed E-state index contributed by atoms with van der Waals surface area (Å²) in [6.07, 6.45) is 1.83. The molecule has 0 spiro atoms. The van der Waals surface area contributed by atoms with Crippen molar-refractivity contribution in [3.8, 4) is 11.4 Å². The third-order valence-electron chi connectivity index (χ3n) is 6.25. The van der Waals surface area contributed by atoms with Crippen molar-refractivity contribution in [2.75, 3.05) is 12.0 Å². The second kappa shape index (κ2) is 8.71. The quantitative estimate of drug-likeness (QED) is 0.393. The van der Waals surface area contributed by atoms with E-state index in [1.54, 1.807) is 7.11 Å². The van der Waals surface area contributed by atoms with Gasteiger partial charge in [0.2, 0.25) is 0 Å². The van der Waals surface area contributed by atoms with Crippen LogP contribution in [0.15, 0.2) is 85.1 Å². The van der Waals surface area contributed by atoms with E-state index >= 15 is 0 Å². The van der Waals surface area contributed by atoms with Gasteiger partial charge in [0.25, 0.3) is 0 Å². The number of benzene rings is 2. The molecule has 0 radical (unpaired) electrons. The van der Waals surface area contributed by atoms with Crippen LogP contribution in [-0.4, -0.2) is 21.8 Å². The SMILES string of the molecule is COc1ccc(N2C(=S)N[C@@H](c3ccccn3)[C@@H]2c2cc(C)n(-c3ccccc3)c2C)cc1. The first-order valence-electron chi connectivity index (χ1n) is 11.0. The van der Waals surface area contributed by atoms with Gasteiger partial charge in [-0.25, -0.2) is 0 Å². The standard InChI is InChI=1S/C27H26N4OS/c1-18-17-23(19(2)30(18)20-9-5-4-6-10-20)26-25(24-11-7-8-16-28-24)29-27(33)31(26)21-12-14-22(32-3)15-13-21/h4-17,25-26H,1-3H3,(H,29,33)/t25-,26-/m0/s1. The fourth-order valence-corrected chi connectivity index (χ4v) is 5.10. The van der Waals surface area contributed by atoms with E-state index in [0.717, 1.165) is 22.8 Å². The molecule has 1 aliphatic heterocycles. The van der Waals surface area contributed by atoms with Gasteiger partial charge in [-0.15, -0.1) is 0 Å². The summed E-state index contributed by atoms with van der Waals surface area (Å²) in [5, 5.41) is 4.23. The first-order valence-corrected chi connectivity index (χ1v) is 11.4. The summed E-state index contributed by atoms with van der Waals surface area (Å²) in [6.45, 7) is 4.33. The molecular formula is C27H26N4OS. The second-order valence-corrected chi connectivity index (χ2v) is 8.58. The van der Waals surface area contributed by atoms with E-state index < -0.39 is 0 Å². The third kappa shape index (κ3) is 3.76. The Morgan fingerprint density at radius 1 is 0.909 bits per heavy atom. The first kappa shape index (κ1) is 21.2. The van der Waals surface area contributed by atoms with Gasteiger partial charge in [0.05, 0.1) is 24.9 Å². The van der Waals surface area contributed by atoms with E-state index in [9.17, 15) is 0 Å². The van der Waals surface area contributed by atoms with Gasteiger partial charge in [-0.05, 0) is 86.2 Å². The number of rotatable bonds is 5. The number of thiocarbonyl (C=S) groups is 1. The van der Waals surface area contributed by atoms with E-state index in [1.807, 2.05) is 36.5 Å². The Morgan fingerprint density at radius 2 is 1.64 bits per heavy atom. The summed E-state index contributed by atoms with van der Waals surface area (Å²) in [5.41, 5.74) is 6.72. The van der Waals surface area contributed by atoms with Crippen molar-refractivity contribution in [1.29, 1.82) is 0 Å². The molecule has 33 heavy (non-hydrogen) atoms. The van der Waals surface area contributed by atoms with Gasteiger partial charge in [0.15, 0.2) is 5.11 Å². The number of aryl methyl sites for hydroxylation is 1. The first-order chi connectivity index (χ1) is 16.1. The Kier molecular flexibility index (Phi) is 5.60. The topological polar surface area (TPSA) is 42.3 Å². The van der Waals surface area contributed by atoms with Crippen LogP contribution in [0.4, 0.5) is 5.69 Å². The fourth-order valence-electron chi connectivity index (χ4n) is 4.75. The fraction of sp³-hybridized carbons (Fsp3) is 0.185. The Labute approximate surface area is 199 Å². The molecule has 3 heterocycles. The molecular weight excluding hydrogens is 428 g/mol. The Hall–Kier alpha value is -3.64. The van der Waals surface area contributed by atoms with Crippen LogP contribution in [0.1, 0.15) is 34.7 Å². The highest BCUT2D eigenvalue weighted by Crippen LogP contribution is 2.43. The monoisotopic (exact) mass is 454 g/mol. The number of nitrogens with zero attached hydrogens (tertiary/aromatic N) is 3. The summed E-state index contributed by atoms with van der Waals surface area (Å²) in [4.78, 5) is 6.87. The van der Waals surface area contributed by atoms with Crippen molar-refractivity contribution >= 4 is 23.0 Å². The Bertz CT molecular complexity index is 1270. The van der Waals surface area contributed by atoms with Gasteiger partial charge < -0.3 is 19.5 Å². The summed E-state index contributed by atoms with van der Waals surface area (Å²) in [5.74, 6) is 0.817. The third-order valence-corrected chi connectivity index (χ3v) is 6.57. The average molecular weight is 455 g/mol. The van der Waals surface area contributed by atoms with Crippen LogP contribution in [0.5, 0.6) is 5.75 Å². The smallest absolute Gasteiger partial charge is 0.174 e. The van der Waals surface area contributed by atoms with E-state index in [4.69, 9.17) is 17.0 Å². The van der Waals surface area contributed by atoms with Crippen LogP contribution in [-0.2, 0) is 0 Å². The van der Waals surface area contributed by atoms with Gasteiger partial charge in [-0.3, -0.25) is 4.98 Å². The minimum absolute atomic E-state index is 0.0514. The zero-order valence-electron chi connectivity index (χ0n) is 18.9. The molecule has 2 aromatic carbocycles. The molecule has 6 heteroatoms. The van der Waals surface area contributed by atoms with Crippen molar-refractivity contribution in [2.45, 2.75) is 25.9 Å². The van der Waals surface area contributed by atoms with Gasteiger partial charge >= 0.3 is 0 Å². The molecule has 0 bridgehead atoms. The molecule has 2 aromatic heterocycles. The normalized spacial score (nSPS) is 17.8. The second-order valence-electron chi connectivity index (χ2n) is 8.19. The van der Waals surface area contributed by atoms with E-state index in [-0.39, 0.29) is 12.1 Å². The lowest BCUT2D eigenvalue weighted by atomic mass is 9.96. The van der Waals surface area contributed by atoms with Crippen LogP contribution >= 0.6 is 12.2 Å². The average Bonchev–Trinajstić information content (AvgIpc) is 3.35. The maximum Gasteiger partial charge on any atom is 0.174 e. The number of ether oxygens (including phenoxy) is 1. The van der Waals surface area contributed by atoms with Crippen molar-refractivity contribution in [3.05, 3.63) is 108 Å². The maximum atomic E-state index is 5.86. The van der Waals surface area contributed by atoms with E-state index in [0.29, 0.717) is 5.11 Å². The van der Waals surface area contributed by atoms with Crippen molar-refractivity contribution in [2.24, 2.45) is 0 Å².